The lowest BCUT2D eigenvalue weighted by atomic mass is 9.92. The van der Waals surface area contributed by atoms with Crippen molar-refractivity contribution in [2.75, 3.05) is 6.54 Å². The first kappa shape index (κ1) is 16.6. The van der Waals surface area contributed by atoms with E-state index in [9.17, 15) is 13.5 Å². The molecule has 2 aromatic rings. The summed E-state index contributed by atoms with van der Waals surface area (Å²) in [4.78, 5) is 1.02. The molecule has 4 nitrogen and oxygen atoms in total. The van der Waals surface area contributed by atoms with Crippen LogP contribution in [0.25, 0.3) is 0 Å². The van der Waals surface area contributed by atoms with Gasteiger partial charge < -0.3 is 5.11 Å². The number of aryl methyl sites for hydroxylation is 2. The van der Waals surface area contributed by atoms with Gasteiger partial charge in [-0.3, -0.25) is 0 Å². The number of fused-ring (bicyclic) bond motifs is 1. The summed E-state index contributed by atoms with van der Waals surface area (Å²) < 4.78 is 27.6. The highest BCUT2D eigenvalue weighted by atomic mass is 32.2. The van der Waals surface area contributed by atoms with Crippen LogP contribution in [-0.4, -0.2) is 20.1 Å². The summed E-state index contributed by atoms with van der Waals surface area (Å²) >= 11 is 1.41. The quantitative estimate of drug-likeness (QED) is 0.870. The Kier molecular flexibility index (Phi) is 4.60. The van der Waals surface area contributed by atoms with Crippen molar-refractivity contribution in [2.45, 2.75) is 43.1 Å². The van der Waals surface area contributed by atoms with E-state index >= 15 is 0 Å². The van der Waals surface area contributed by atoms with E-state index in [1.54, 1.807) is 25.1 Å². The fourth-order valence-electron chi connectivity index (χ4n) is 2.87. The maximum absolute atomic E-state index is 12.5. The van der Waals surface area contributed by atoms with E-state index in [2.05, 4.69) is 4.72 Å². The maximum Gasteiger partial charge on any atom is 0.240 e. The third-order valence-corrected chi connectivity index (χ3v) is 6.81. The van der Waals surface area contributed by atoms with Crippen LogP contribution >= 0.6 is 11.3 Å². The molecule has 1 aliphatic carbocycles. The van der Waals surface area contributed by atoms with E-state index in [0.717, 1.165) is 29.7 Å². The summed E-state index contributed by atoms with van der Waals surface area (Å²) in [6.45, 7) is 1.57. The lowest BCUT2D eigenvalue weighted by molar-refractivity contribution is 0.0666. The second kappa shape index (κ2) is 6.36. The Bertz CT molecular complexity index is 780. The van der Waals surface area contributed by atoms with Gasteiger partial charge in [0.15, 0.2) is 0 Å². The Morgan fingerprint density at radius 3 is 2.65 bits per heavy atom. The van der Waals surface area contributed by atoms with Gasteiger partial charge >= 0.3 is 0 Å². The number of benzene rings is 1. The van der Waals surface area contributed by atoms with Crippen LogP contribution in [0.4, 0.5) is 0 Å². The average molecular weight is 351 g/mol. The summed E-state index contributed by atoms with van der Waals surface area (Å²) in [7, 11) is -3.62. The molecule has 23 heavy (non-hydrogen) atoms. The van der Waals surface area contributed by atoms with Crippen LogP contribution in [0.3, 0.4) is 0 Å². The summed E-state index contributed by atoms with van der Waals surface area (Å²) in [5, 5.41) is 12.3. The Balaban J connectivity index is 1.77. The van der Waals surface area contributed by atoms with Crippen molar-refractivity contribution in [2.24, 2.45) is 0 Å². The molecule has 1 aromatic heterocycles. The largest absolute Gasteiger partial charge is 0.383 e. The molecular formula is C17H21NO3S2. The zero-order valence-electron chi connectivity index (χ0n) is 13.1. The van der Waals surface area contributed by atoms with Crippen LogP contribution < -0.4 is 4.72 Å². The SMILES string of the molecule is C[C@@](O)(CNS(=O)(=O)c1ccc2c(c1)CCCC2)c1cccs1. The molecule has 2 N–H and O–H groups in total. The van der Waals surface area contributed by atoms with Gasteiger partial charge in [-0.2, -0.15) is 0 Å². The van der Waals surface area contributed by atoms with Crippen LogP contribution in [0, 0.1) is 0 Å². The van der Waals surface area contributed by atoms with E-state index < -0.39 is 15.6 Å². The van der Waals surface area contributed by atoms with Crippen LogP contribution in [0.15, 0.2) is 40.6 Å². The molecule has 124 valence electrons. The van der Waals surface area contributed by atoms with Crippen molar-refractivity contribution in [3.63, 3.8) is 0 Å². The summed E-state index contributed by atoms with van der Waals surface area (Å²) in [6.07, 6.45) is 4.24. The van der Waals surface area contributed by atoms with E-state index in [-0.39, 0.29) is 11.4 Å². The lowest BCUT2D eigenvalue weighted by Crippen LogP contribution is -2.38. The van der Waals surface area contributed by atoms with Crippen molar-refractivity contribution in [3.05, 3.63) is 51.7 Å². The third kappa shape index (κ3) is 3.66. The van der Waals surface area contributed by atoms with Crippen molar-refractivity contribution in [1.29, 1.82) is 0 Å². The second-order valence-electron chi connectivity index (χ2n) is 6.21. The normalized spacial score (nSPS) is 17.5. The van der Waals surface area contributed by atoms with Crippen LogP contribution in [0.1, 0.15) is 35.8 Å². The molecule has 1 aliphatic rings. The highest BCUT2D eigenvalue weighted by Crippen LogP contribution is 2.26. The molecule has 0 spiro atoms. The van der Waals surface area contributed by atoms with E-state index in [4.69, 9.17) is 0 Å². The molecule has 6 heteroatoms. The van der Waals surface area contributed by atoms with Crippen LogP contribution in [0.2, 0.25) is 0 Å². The molecule has 0 unspecified atom stereocenters. The number of aliphatic hydroxyl groups is 1. The molecular weight excluding hydrogens is 330 g/mol. The van der Waals surface area contributed by atoms with Gasteiger partial charge in [0, 0.05) is 11.4 Å². The highest BCUT2D eigenvalue weighted by molar-refractivity contribution is 7.89. The van der Waals surface area contributed by atoms with Crippen LogP contribution in [-0.2, 0) is 28.5 Å². The Hall–Kier alpha value is -1.21. The maximum atomic E-state index is 12.5. The Morgan fingerprint density at radius 1 is 1.22 bits per heavy atom. The molecule has 0 aliphatic heterocycles. The number of sulfonamides is 1. The van der Waals surface area contributed by atoms with Crippen molar-refractivity contribution < 1.29 is 13.5 Å². The number of thiophene rings is 1. The average Bonchev–Trinajstić information content (AvgIpc) is 3.08. The van der Waals surface area contributed by atoms with Crippen molar-refractivity contribution in [1.82, 2.24) is 4.72 Å². The smallest absolute Gasteiger partial charge is 0.240 e. The minimum Gasteiger partial charge on any atom is -0.383 e. The summed E-state index contributed by atoms with van der Waals surface area (Å²) in [5.41, 5.74) is 1.17. The number of nitrogens with one attached hydrogen (secondary N) is 1. The summed E-state index contributed by atoms with van der Waals surface area (Å²) in [6, 6.07) is 8.99. The second-order valence-corrected chi connectivity index (χ2v) is 8.93. The fraction of sp³-hybridized carbons (Fsp3) is 0.412. The predicted octanol–water partition coefficient (Wildman–Crippen LogP) is 2.81. The fourth-order valence-corrected chi connectivity index (χ4v) is 4.84. The van der Waals surface area contributed by atoms with Gasteiger partial charge in [0.25, 0.3) is 0 Å². The predicted molar refractivity (Wildman–Crippen MR) is 92.2 cm³/mol. The molecule has 0 saturated heterocycles. The molecule has 0 bridgehead atoms. The number of rotatable bonds is 5. The van der Waals surface area contributed by atoms with E-state index in [1.807, 2.05) is 17.5 Å². The topological polar surface area (TPSA) is 66.4 Å². The molecule has 3 rings (SSSR count). The minimum atomic E-state index is -3.62. The van der Waals surface area contributed by atoms with Gasteiger partial charge in [-0.05, 0) is 67.3 Å². The number of hydrogen-bond acceptors (Lipinski definition) is 4. The third-order valence-electron chi connectivity index (χ3n) is 4.29. The van der Waals surface area contributed by atoms with Gasteiger partial charge in [-0.1, -0.05) is 12.1 Å². The van der Waals surface area contributed by atoms with Gasteiger partial charge in [0.05, 0.1) is 4.90 Å². The minimum absolute atomic E-state index is 0.0487. The summed E-state index contributed by atoms with van der Waals surface area (Å²) in [5.74, 6) is 0. The zero-order valence-corrected chi connectivity index (χ0v) is 14.7. The van der Waals surface area contributed by atoms with Gasteiger partial charge in [-0.25, -0.2) is 13.1 Å². The van der Waals surface area contributed by atoms with Crippen molar-refractivity contribution >= 4 is 21.4 Å². The Labute approximate surface area is 141 Å². The molecule has 0 fully saturated rings. The van der Waals surface area contributed by atoms with E-state index in [0.29, 0.717) is 0 Å². The lowest BCUT2D eigenvalue weighted by Gasteiger charge is -2.22. The first-order chi connectivity index (χ1) is 10.9. The molecule has 0 amide bonds. The molecule has 0 radical (unpaired) electrons. The molecule has 1 atom stereocenters. The van der Waals surface area contributed by atoms with Gasteiger partial charge in [-0.15, -0.1) is 11.3 Å². The van der Waals surface area contributed by atoms with Gasteiger partial charge in [0.2, 0.25) is 10.0 Å². The molecule has 0 saturated carbocycles. The highest BCUT2D eigenvalue weighted by Gasteiger charge is 2.27. The van der Waals surface area contributed by atoms with Crippen LogP contribution in [0.5, 0.6) is 0 Å². The van der Waals surface area contributed by atoms with E-state index in [1.165, 1.54) is 23.3 Å². The standard InChI is InChI=1S/C17H21NO3S2/c1-17(19,16-7-4-10-22-16)12-18-23(20,21)15-9-8-13-5-2-3-6-14(13)11-15/h4,7-11,18-19H,2-3,5-6,12H2,1H3/t17-/m1/s1. The monoisotopic (exact) mass is 351 g/mol. The molecule has 1 aromatic carbocycles. The first-order valence-electron chi connectivity index (χ1n) is 7.76. The van der Waals surface area contributed by atoms with Gasteiger partial charge in [0.1, 0.15) is 5.60 Å². The first-order valence-corrected chi connectivity index (χ1v) is 10.1. The zero-order chi connectivity index (χ0) is 16.5. The molecule has 1 heterocycles. The van der Waals surface area contributed by atoms with Crippen molar-refractivity contribution in [3.8, 4) is 0 Å². The number of hydrogen-bond donors (Lipinski definition) is 2. The Morgan fingerprint density at radius 2 is 1.96 bits per heavy atom.